The van der Waals surface area contributed by atoms with E-state index in [9.17, 15) is 9.59 Å². The summed E-state index contributed by atoms with van der Waals surface area (Å²) >= 11 is 0. The molecule has 0 aromatic heterocycles. The minimum Gasteiger partial charge on any atom is -0.480 e. The van der Waals surface area contributed by atoms with E-state index in [-0.39, 0.29) is 5.78 Å². The molecule has 4 N–H and O–H groups in total. The highest BCUT2D eigenvalue weighted by atomic mass is 16.4. The second-order valence-corrected chi connectivity index (χ2v) is 3.41. The number of hydrogen-bond acceptors (Lipinski definition) is 4. The molecule has 0 aliphatic heterocycles. The zero-order valence-corrected chi connectivity index (χ0v) is 9.04. The van der Waals surface area contributed by atoms with Crippen LogP contribution in [0.25, 0.3) is 6.08 Å². The minimum atomic E-state index is -1.18. The Morgan fingerprint density at radius 1 is 1.29 bits per heavy atom. The summed E-state index contributed by atoms with van der Waals surface area (Å²) in [5, 5.41) is 15.9. The van der Waals surface area contributed by atoms with Crippen LogP contribution < -0.4 is 5.73 Å². The SMILES string of the molecule is NC(CO)C(=O)O.O=C1C=Cc2ccccc21. The Kier molecular flexibility index (Phi) is 4.56. The number of allylic oxidation sites excluding steroid dienone is 1. The maximum absolute atomic E-state index is 11.0. The highest BCUT2D eigenvalue weighted by Crippen LogP contribution is 2.17. The van der Waals surface area contributed by atoms with Gasteiger partial charge in [0, 0.05) is 5.56 Å². The molecule has 90 valence electrons. The molecule has 17 heavy (non-hydrogen) atoms. The second-order valence-electron chi connectivity index (χ2n) is 3.41. The molecule has 0 fully saturated rings. The van der Waals surface area contributed by atoms with Crippen LogP contribution in [-0.4, -0.2) is 34.6 Å². The van der Waals surface area contributed by atoms with E-state index < -0.39 is 18.6 Å². The van der Waals surface area contributed by atoms with Crippen LogP contribution in [-0.2, 0) is 4.79 Å². The molecule has 0 saturated carbocycles. The lowest BCUT2D eigenvalue weighted by Crippen LogP contribution is -2.33. The Morgan fingerprint density at radius 2 is 1.94 bits per heavy atom. The Labute approximate surface area is 98.2 Å². The van der Waals surface area contributed by atoms with E-state index in [1.54, 1.807) is 6.08 Å². The number of nitrogens with two attached hydrogens (primary N) is 1. The number of carbonyl (C=O) groups is 2. The Bertz CT molecular complexity index is 454. The summed E-state index contributed by atoms with van der Waals surface area (Å²) in [7, 11) is 0. The van der Waals surface area contributed by atoms with Crippen LogP contribution in [0.15, 0.2) is 30.3 Å². The van der Waals surface area contributed by atoms with Gasteiger partial charge in [-0.3, -0.25) is 9.59 Å². The molecule has 1 atom stereocenters. The summed E-state index contributed by atoms with van der Waals surface area (Å²) in [6.07, 6.45) is 3.45. The third-order valence-electron chi connectivity index (χ3n) is 2.15. The van der Waals surface area contributed by atoms with Gasteiger partial charge in [0.05, 0.1) is 6.61 Å². The highest BCUT2D eigenvalue weighted by molar-refractivity contribution is 6.13. The maximum atomic E-state index is 11.0. The summed E-state index contributed by atoms with van der Waals surface area (Å²) in [5.41, 5.74) is 6.62. The lowest BCUT2D eigenvalue weighted by molar-refractivity contribution is -0.139. The van der Waals surface area contributed by atoms with Crippen molar-refractivity contribution in [2.24, 2.45) is 5.73 Å². The lowest BCUT2D eigenvalue weighted by Gasteiger charge is -1.96. The van der Waals surface area contributed by atoms with Crippen molar-refractivity contribution in [1.82, 2.24) is 0 Å². The van der Waals surface area contributed by atoms with Crippen LogP contribution in [0.3, 0.4) is 0 Å². The van der Waals surface area contributed by atoms with Gasteiger partial charge in [-0.2, -0.15) is 0 Å². The number of aliphatic carboxylic acids is 1. The molecule has 0 amide bonds. The van der Waals surface area contributed by atoms with Crippen LogP contribution in [0.2, 0.25) is 0 Å². The molecule has 0 radical (unpaired) electrons. The number of ketones is 1. The molecule has 1 unspecified atom stereocenters. The number of aliphatic hydroxyl groups is 1. The molecule has 0 heterocycles. The number of aliphatic hydroxyl groups excluding tert-OH is 1. The van der Waals surface area contributed by atoms with Gasteiger partial charge in [0.1, 0.15) is 6.04 Å². The number of carbonyl (C=O) groups excluding carboxylic acids is 1. The average Bonchev–Trinajstić information content (AvgIpc) is 2.71. The van der Waals surface area contributed by atoms with Crippen LogP contribution in [0.4, 0.5) is 0 Å². The van der Waals surface area contributed by atoms with Gasteiger partial charge in [0.25, 0.3) is 0 Å². The van der Waals surface area contributed by atoms with Crippen molar-refractivity contribution in [2.45, 2.75) is 6.04 Å². The zero-order valence-electron chi connectivity index (χ0n) is 9.04. The van der Waals surface area contributed by atoms with Crippen LogP contribution >= 0.6 is 0 Å². The van der Waals surface area contributed by atoms with Crippen molar-refractivity contribution in [2.75, 3.05) is 6.61 Å². The molecule has 5 heteroatoms. The molecule has 0 bridgehead atoms. The highest BCUT2D eigenvalue weighted by Gasteiger charge is 2.10. The van der Waals surface area contributed by atoms with E-state index in [4.69, 9.17) is 15.9 Å². The largest absolute Gasteiger partial charge is 0.480 e. The summed E-state index contributed by atoms with van der Waals surface area (Å²) in [6.45, 7) is -0.505. The fourth-order valence-corrected chi connectivity index (χ4v) is 1.20. The van der Waals surface area contributed by atoms with E-state index in [1.807, 2.05) is 30.3 Å². The van der Waals surface area contributed by atoms with Gasteiger partial charge < -0.3 is 15.9 Å². The third-order valence-corrected chi connectivity index (χ3v) is 2.15. The third kappa shape index (κ3) is 3.51. The number of carboxylic acid groups (broad SMARTS) is 1. The Balaban J connectivity index is 0.000000185. The van der Waals surface area contributed by atoms with Crippen molar-refractivity contribution in [3.8, 4) is 0 Å². The standard InChI is InChI=1S/C9H6O.C3H7NO3/c10-9-6-5-7-3-1-2-4-8(7)9;4-2(1-5)3(6)7/h1-6H;2,5H,1,4H2,(H,6,7). The predicted molar refractivity (Wildman–Crippen MR) is 62.5 cm³/mol. The van der Waals surface area contributed by atoms with Crippen molar-refractivity contribution in [1.29, 1.82) is 0 Å². The molecule has 1 aliphatic rings. The van der Waals surface area contributed by atoms with Crippen LogP contribution in [0.1, 0.15) is 15.9 Å². The Morgan fingerprint density at radius 3 is 2.41 bits per heavy atom. The van der Waals surface area contributed by atoms with E-state index in [2.05, 4.69) is 0 Å². The lowest BCUT2D eigenvalue weighted by atomic mass is 10.1. The van der Waals surface area contributed by atoms with Gasteiger partial charge in [0.15, 0.2) is 5.78 Å². The summed E-state index contributed by atoms with van der Waals surface area (Å²) in [4.78, 5) is 20.6. The number of hydrogen-bond donors (Lipinski definition) is 3. The summed E-state index contributed by atoms with van der Waals surface area (Å²) < 4.78 is 0. The van der Waals surface area contributed by atoms with Gasteiger partial charge >= 0.3 is 5.97 Å². The zero-order chi connectivity index (χ0) is 12.8. The first-order chi connectivity index (χ1) is 8.06. The van der Waals surface area contributed by atoms with Gasteiger partial charge in [-0.15, -0.1) is 0 Å². The van der Waals surface area contributed by atoms with Gasteiger partial charge in [-0.25, -0.2) is 0 Å². The van der Waals surface area contributed by atoms with Crippen molar-refractivity contribution in [3.63, 3.8) is 0 Å². The molecular formula is C12H13NO4. The average molecular weight is 235 g/mol. The molecular weight excluding hydrogens is 222 g/mol. The van der Waals surface area contributed by atoms with Gasteiger partial charge in [-0.05, 0) is 11.6 Å². The summed E-state index contributed by atoms with van der Waals surface area (Å²) in [6, 6.07) is 6.47. The molecule has 0 spiro atoms. The van der Waals surface area contributed by atoms with Gasteiger partial charge in [0.2, 0.25) is 0 Å². The number of rotatable bonds is 2. The monoisotopic (exact) mass is 235 g/mol. The first kappa shape index (κ1) is 13.1. The van der Waals surface area contributed by atoms with Crippen LogP contribution in [0, 0.1) is 0 Å². The first-order valence-corrected chi connectivity index (χ1v) is 4.97. The molecule has 1 aliphatic carbocycles. The van der Waals surface area contributed by atoms with E-state index in [0.717, 1.165) is 11.1 Å². The molecule has 1 aromatic carbocycles. The number of benzene rings is 1. The normalized spacial score (nSPS) is 13.6. The molecule has 2 rings (SSSR count). The van der Waals surface area contributed by atoms with E-state index >= 15 is 0 Å². The minimum absolute atomic E-state index is 0.121. The van der Waals surface area contributed by atoms with Crippen molar-refractivity contribution >= 4 is 17.8 Å². The number of carboxylic acids is 1. The van der Waals surface area contributed by atoms with Crippen LogP contribution in [0.5, 0.6) is 0 Å². The topological polar surface area (TPSA) is 101 Å². The second kappa shape index (κ2) is 5.93. The van der Waals surface area contributed by atoms with Crippen molar-refractivity contribution < 1.29 is 19.8 Å². The predicted octanol–water partition coefficient (Wildman–Crippen LogP) is 0.287. The Hall–Kier alpha value is -1.98. The van der Waals surface area contributed by atoms with Crippen molar-refractivity contribution in [3.05, 3.63) is 41.5 Å². The quantitative estimate of drug-likeness (QED) is 0.683. The first-order valence-electron chi connectivity index (χ1n) is 4.97. The molecule has 5 nitrogen and oxygen atoms in total. The fourth-order valence-electron chi connectivity index (χ4n) is 1.20. The fraction of sp³-hybridized carbons (Fsp3) is 0.167. The molecule has 1 aromatic rings. The molecule has 0 saturated heterocycles. The summed E-state index contributed by atoms with van der Waals surface area (Å²) in [5.74, 6) is -1.06. The van der Waals surface area contributed by atoms with E-state index in [0.29, 0.717) is 0 Å². The smallest absolute Gasteiger partial charge is 0.322 e. The number of fused-ring (bicyclic) bond motifs is 1. The maximum Gasteiger partial charge on any atom is 0.322 e. The van der Waals surface area contributed by atoms with E-state index in [1.165, 1.54) is 0 Å². The van der Waals surface area contributed by atoms with Gasteiger partial charge in [-0.1, -0.05) is 30.3 Å².